The first kappa shape index (κ1) is 17.2. The van der Waals surface area contributed by atoms with E-state index in [1.54, 1.807) is 12.1 Å². The Kier molecular flexibility index (Phi) is 5.19. The van der Waals surface area contributed by atoms with Crippen molar-refractivity contribution in [2.45, 2.75) is 47.2 Å². The molecule has 2 rings (SSSR count). The fourth-order valence-corrected chi connectivity index (χ4v) is 2.31. The third kappa shape index (κ3) is 3.78. The Morgan fingerprint density at radius 3 is 2.30 bits per heavy atom. The monoisotopic (exact) mass is 315 g/mol. The highest BCUT2D eigenvalue weighted by atomic mass is 16.2. The average Bonchev–Trinajstić information content (AvgIpc) is 2.49. The maximum absolute atomic E-state index is 12.6. The van der Waals surface area contributed by atoms with Gasteiger partial charge in [0.15, 0.2) is 5.69 Å². The highest BCUT2D eigenvalue weighted by Gasteiger charge is 2.19. The van der Waals surface area contributed by atoms with E-state index in [1.807, 2.05) is 32.9 Å². The summed E-state index contributed by atoms with van der Waals surface area (Å²) in [5.41, 5.74) is 0.163. The van der Waals surface area contributed by atoms with E-state index in [0.29, 0.717) is 28.9 Å². The van der Waals surface area contributed by atoms with E-state index in [-0.39, 0.29) is 23.4 Å². The molecule has 1 heterocycles. The predicted octanol–water partition coefficient (Wildman–Crippen LogP) is 2.83. The number of rotatable bonds is 5. The molecule has 0 spiro atoms. The summed E-state index contributed by atoms with van der Waals surface area (Å²) >= 11 is 0. The lowest BCUT2D eigenvalue weighted by molar-refractivity contribution is 0.0924. The number of aromatic nitrogens is 2. The van der Waals surface area contributed by atoms with Crippen molar-refractivity contribution in [1.82, 2.24) is 15.1 Å². The van der Waals surface area contributed by atoms with Crippen molar-refractivity contribution in [1.29, 1.82) is 0 Å². The first-order valence-electron chi connectivity index (χ1n) is 8.12. The smallest absolute Gasteiger partial charge is 0.274 e. The number of nitrogens with zero attached hydrogens (tertiary/aromatic N) is 2. The van der Waals surface area contributed by atoms with Gasteiger partial charge in [-0.05, 0) is 24.8 Å². The highest BCUT2D eigenvalue weighted by molar-refractivity contribution is 6.04. The second-order valence-corrected chi connectivity index (χ2v) is 6.78. The Balaban J connectivity index is 2.55. The molecule has 1 N–H and O–H groups in total. The normalized spacial score (nSPS) is 12.8. The maximum Gasteiger partial charge on any atom is 0.274 e. The van der Waals surface area contributed by atoms with E-state index in [0.717, 1.165) is 0 Å². The Morgan fingerprint density at radius 1 is 1.13 bits per heavy atom. The number of amides is 1. The number of benzene rings is 1. The summed E-state index contributed by atoms with van der Waals surface area (Å²) in [6, 6.07) is 7.19. The molecule has 0 fully saturated rings. The minimum atomic E-state index is -0.236. The first-order chi connectivity index (χ1) is 10.8. The van der Waals surface area contributed by atoms with Gasteiger partial charge in [0.1, 0.15) is 0 Å². The number of carbonyl (C=O) groups excluding carboxylic acids is 1. The number of fused-ring (bicyclic) bond motifs is 1. The van der Waals surface area contributed by atoms with Gasteiger partial charge < -0.3 is 5.32 Å². The third-order valence-corrected chi connectivity index (χ3v) is 3.98. The summed E-state index contributed by atoms with van der Waals surface area (Å²) in [6.45, 7) is 10.6. The van der Waals surface area contributed by atoms with E-state index in [9.17, 15) is 9.59 Å². The van der Waals surface area contributed by atoms with Crippen LogP contribution in [0.25, 0.3) is 10.8 Å². The van der Waals surface area contributed by atoms with Crippen LogP contribution in [0.2, 0.25) is 0 Å². The Morgan fingerprint density at radius 2 is 1.74 bits per heavy atom. The third-order valence-electron chi connectivity index (χ3n) is 3.98. The molecule has 0 saturated heterocycles. The van der Waals surface area contributed by atoms with Crippen molar-refractivity contribution in [3.8, 4) is 0 Å². The average molecular weight is 315 g/mol. The number of nitrogens with one attached hydrogen (secondary N) is 1. The minimum Gasteiger partial charge on any atom is -0.348 e. The van der Waals surface area contributed by atoms with Gasteiger partial charge in [-0.2, -0.15) is 5.10 Å². The quantitative estimate of drug-likeness (QED) is 0.923. The van der Waals surface area contributed by atoms with Gasteiger partial charge >= 0.3 is 0 Å². The molecule has 2 aromatic rings. The summed E-state index contributed by atoms with van der Waals surface area (Å²) < 4.78 is 1.40. The van der Waals surface area contributed by atoms with Gasteiger partial charge in [0, 0.05) is 18.0 Å². The largest absolute Gasteiger partial charge is 0.348 e. The molecule has 1 amide bonds. The van der Waals surface area contributed by atoms with Crippen molar-refractivity contribution in [3.63, 3.8) is 0 Å². The molecule has 124 valence electrons. The molecule has 1 atom stereocenters. The van der Waals surface area contributed by atoms with Crippen LogP contribution in [0.3, 0.4) is 0 Å². The van der Waals surface area contributed by atoms with E-state index in [1.165, 1.54) is 4.68 Å². The van der Waals surface area contributed by atoms with E-state index < -0.39 is 0 Å². The fourth-order valence-electron chi connectivity index (χ4n) is 2.31. The summed E-state index contributed by atoms with van der Waals surface area (Å²) in [6.07, 6.45) is 0. The molecule has 23 heavy (non-hydrogen) atoms. The lowest BCUT2D eigenvalue weighted by Crippen LogP contribution is -2.38. The van der Waals surface area contributed by atoms with Gasteiger partial charge in [-0.25, -0.2) is 4.68 Å². The van der Waals surface area contributed by atoms with Gasteiger partial charge in [-0.15, -0.1) is 0 Å². The molecule has 0 radical (unpaired) electrons. The van der Waals surface area contributed by atoms with E-state index >= 15 is 0 Å². The zero-order chi connectivity index (χ0) is 17.1. The molecule has 0 aliphatic heterocycles. The van der Waals surface area contributed by atoms with Gasteiger partial charge in [0.2, 0.25) is 0 Å². The van der Waals surface area contributed by atoms with Crippen LogP contribution in [0.5, 0.6) is 0 Å². The molecule has 0 aliphatic carbocycles. The van der Waals surface area contributed by atoms with Gasteiger partial charge in [0.25, 0.3) is 11.5 Å². The summed E-state index contributed by atoms with van der Waals surface area (Å²) in [4.78, 5) is 25.2. The zero-order valence-corrected chi connectivity index (χ0v) is 14.5. The predicted molar refractivity (Wildman–Crippen MR) is 92.6 cm³/mol. The minimum absolute atomic E-state index is 0.0357. The van der Waals surface area contributed by atoms with Crippen LogP contribution in [0.1, 0.15) is 45.1 Å². The first-order valence-corrected chi connectivity index (χ1v) is 8.12. The number of carbonyl (C=O) groups is 1. The molecular formula is C18H25N3O2. The van der Waals surface area contributed by atoms with Gasteiger partial charge in [-0.3, -0.25) is 9.59 Å². The summed E-state index contributed by atoms with van der Waals surface area (Å²) in [7, 11) is 0. The molecule has 5 heteroatoms. The van der Waals surface area contributed by atoms with Crippen LogP contribution in [0.4, 0.5) is 0 Å². The van der Waals surface area contributed by atoms with Crippen LogP contribution in [0.15, 0.2) is 29.1 Å². The second kappa shape index (κ2) is 6.94. The standard InChI is InChI=1S/C18H25N3O2/c1-11(2)10-21-18(23)15-9-7-6-8-14(15)16(20-21)17(22)19-13(5)12(3)4/h6-9,11-13H,10H2,1-5H3,(H,19,22). The number of hydrogen-bond donors (Lipinski definition) is 1. The Labute approximate surface area is 136 Å². The summed E-state index contributed by atoms with van der Waals surface area (Å²) in [5.74, 6) is 0.360. The van der Waals surface area contributed by atoms with Crippen molar-refractivity contribution >= 4 is 16.7 Å². The van der Waals surface area contributed by atoms with Crippen LogP contribution < -0.4 is 10.9 Å². The van der Waals surface area contributed by atoms with Crippen LogP contribution >= 0.6 is 0 Å². The molecule has 1 aromatic carbocycles. The highest BCUT2D eigenvalue weighted by Crippen LogP contribution is 2.14. The second-order valence-electron chi connectivity index (χ2n) is 6.78. The molecule has 0 bridgehead atoms. The lowest BCUT2D eigenvalue weighted by atomic mass is 10.1. The van der Waals surface area contributed by atoms with Gasteiger partial charge in [-0.1, -0.05) is 45.9 Å². The maximum atomic E-state index is 12.6. The lowest BCUT2D eigenvalue weighted by Gasteiger charge is -2.18. The van der Waals surface area contributed by atoms with Crippen molar-refractivity contribution in [2.75, 3.05) is 0 Å². The topological polar surface area (TPSA) is 64.0 Å². The van der Waals surface area contributed by atoms with Crippen LogP contribution in [-0.4, -0.2) is 21.7 Å². The summed E-state index contributed by atoms with van der Waals surface area (Å²) in [5, 5.41) is 8.45. The van der Waals surface area contributed by atoms with Crippen molar-refractivity contribution in [2.24, 2.45) is 11.8 Å². The van der Waals surface area contributed by atoms with Crippen molar-refractivity contribution < 1.29 is 4.79 Å². The fraction of sp³-hybridized carbons (Fsp3) is 0.500. The molecule has 0 saturated carbocycles. The molecular weight excluding hydrogens is 290 g/mol. The SMILES string of the molecule is CC(C)Cn1nc(C(=O)NC(C)C(C)C)c2ccccc2c1=O. The Hall–Kier alpha value is -2.17. The Bertz CT molecular complexity index is 762. The number of hydrogen-bond acceptors (Lipinski definition) is 3. The molecule has 1 unspecified atom stereocenters. The van der Waals surface area contributed by atoms with E-state index in [2.05, 4.69) is 24.3 Å². The van der Waals surface area contributed by atoms with Crippen LogP contribution in [-0.2, 0) is 6.54 Å². The van der Waals surface area contributed by atoms with Crippen molar-refractivity contribution in [3.05, 3.63) is 40.3 Å². The zero-order valence-electron chi connectivity index (χ0n) is 14.5. The van der Waals surface area contributed by atoms with Gasteiger partial charge in [0.05, 0.1) is 5.39 Å². The van der Waals surface area contributed by atoms with E-state index in [4.69, 9.17) is 0 Å². The van der Waals surface area contributed by atoms with Crippen LogP contribution in [0, 0.1) is 11.8 Å². The molecule has 1 aromatic heterocycles. The molecule has 5 nitrogen and oxygen atoms in total. The molecule has 0 aliphatic rings.